The van der Waals surface area contributed by atoms with Gasteiger partial charge in [-0.25, -0.2) is 0 Å². The van der Waals surface area contributed by atoms with Crippen molar-refractivity contribution in [3.05, 3.63) is 24.0 Å². The van der Waals surface area contributed by atoms with Gasteiger partial charge >= 0.3 is 0 Å². The summed E-state index contributed by atoms with van der Waals surface area (Å²) in [5, 5.41) is 0. The number of aromatic nitrogens is 1. The summed E-state index contributed by atoms with van der Waals surface area (Å²) in [4.78, 5) is 29.9. The Balaban J connectivity index is 1.92. The number of aryl methyl sites for hydroxylation is 1. The van der Waals surface area contributed by atoms with Crippen molar-refractivity contribution in [1.82, 2.24) is 14.4 Å². The van der Waals surface area contributed by atoms with E-state index < -0.39 is 0 Å². The van der Waals surface area contributed by atoms with Crippen molar-refractivity contribution in [3.63, 3.8) is 0 Å². The van der Waals surface area contributed by atoms with Crippen molar-refractivity contribution >= 4 is 11.8 Å². The summed E-state index contributed by atoms with van der Waals surface area (Å²) in [6, 6.07) is 4.52. The predicted molar refractivity (Wildman–Crippen MR) is 118 cm³/mol. The first-order valence-electron chi connectivity index (χ1n) is 11.7. The fourth-order valence-electron chi connectivity index (χ4n) is 3.79. The van der Waals surface area contributed by atoms with Crippen LogP contribution in [0.5, 0.6) is 0 Å². The van der Waals surface area contributed by atoms with E-state index in [0.29, 0.717) is 19.0 Å². The lowest BCUT2D eigenvalue weighted by atomic mass is 10.1. The Labute approximate surface area is 177 Å². The Morgan fingerprint density at radius 2 is 1.79 bits per heavy atom. The number of amides is 2. The Hall–Kier alpha value is -1.78. The molecule has 1 aromatic rings. The van der Waals surface area contributed by atoms with E-state index in [1.807, 2.05) is 29.1 Å². The molecule has 2 rings (SSSR count). The molecule has 1 aliphatic carbocycles. The van der Waals surface area contributed by atoms with Crippen molar-refractivity contribution in [2.45, 2.75) is 104 Å². The summed E-state index contributed by atoms with van der Waals surface area (Å²) in [5.74, 6) is 0.225. The van der Waals surface area contributed by atoms with E-state index in [1.54, 1.807) is 0 Å². The predicted octanol–water partition coefficient (Wildman–Crippen LogP) is 4.89. The molecule has 164 valence electrons. The molecule has 1 aromatic heterocycles. The number of rotatable bonds is 14. The third-order valence-corrected chi connectivity index (χ3v) is 6.18. The average Bonchev–Trinajstić information content (AvgIpc) is 3.47. The van der Waals surface area contributed by atoms with Gasteiger partial charge in [-0.2, -0.15) is 0 Å². The maximum Gasteiger partial charge on any atom is 0.242 e. The van der Waals surface area contributed by atoms with Crippen LogP contribution in [0, 0.1) is 0 Å². The highest BCUT2D eigenvalue weighted by molar-refractivity contribution is 5.85. The summed E-state index contributed by atoms with van der Waals surface area (Å²) in [6.07, 6.45) is 12.6. The molecule has 1 heterocycles. The van der Waals surface area contributed by atoms with Crippen molar-refractivity contribution in [2.24, 2.45) is 7.05 Å². The number of unbranched alkanes of at least 4 members (excludes halogenated alkanes) is 5. The third kappa shape index (κ3) is 7.52. The minimum Gasteiger partial charge on any atom is -0.353 e. The van der Waals surface area contributed by atoms with Crippen molar-refractivity contribution < 1.29 is 9.59 Å². The van der Waals surface area contributed by atoms with Gasteiger partial charge in [0.05, 0.1) is 6.54 Å². The molecular weight excluding hydrogens is 362 g/mol. The third-order valence-electron chi connectivity index (χ3n) is 6.18. The van der Waals surface area contributed by atoms with Gasteiger partial charge in [-0.15, -0.1) is 0 Å². The minimum absolute atomic E-state index is 0.0882. The number of hydrogen-bond donors (Lipinski definition) is 0. The SMILES string of the molecule is CCCCCCCCC(=O)N(CC(=O)N(Cc1cccn1C)C1CC1)C(C)CC. The zero-order valence-corrected chi connectivity index (χ0v) is 19.0. The molecular formula is C24H41N3O2. The van der Waals surface area contributed by atoms with Crippen LogP contribution in [0.4, 0.5) is 0 Å². The summed E-state index contributed by atoms with van der Waals surface area (Å²) >= 11 is 0. The molecule has 1 fully saturated rings. The second kappa shape index (κ2) is 12.0. The van der Waals surface area contributed by atoms with Crippen LogP contribution < -0.4 is 0 Å². The van der Waals surface area contributed by atoms with Crippen LogP contribution in [0.2, 0.25) is 0 Å². The van der Waals surface area contributed by atoms with Gasteiger partial charge in [0, 0.05) is 37.4 Å². The van der Waals surface area contributed by atoms with Gasteiger partial charge < -0.3 is 14.4 Å². The number of hydrogen-bond acceptors (Lipinski definition) is 2. The molecule has 5 nitrogen and oxygen atoms in total. The molecule has 5 heteroatoms. The number of nitrogens with zero attached hydrogens (tertiary/aromatic N) is 3. The molecule has 0 radical (unpaired) electrons. The van der Waals surface area contributed by atoms with E-state index in [4.69, 9.17) is 0 Å². The van der Waals surface area contributed by atoms with Gasteiger partial charge in [0.2, 0.25) is 11.8 Å². The molecule has 0 aliphatic heterocycles. The highest BCUT2D eigenvalue weighted by Gasteiger charge is 2.34. The molecule has 1 unspecified atom stereocenters. The lowest BCUT2D eigenvalue weighted by molar-refractivity contribution is -0.143. The van der Waals surface area contributed by atoms with Gasteiger partial charge in [0.15, 0.2) is 0 Å². The first kappa shape index (κ1) is 23.5. The molecule has 2 amide bonds. The fraction of sp³-hybridized carbons (Fsp3) is 0.750. The van der Waals surface area contributed by atoms with Gasteiger partial charge in [-0.1, -0.05) is 46.0 Å². The Morgan fingerprint density at radius 3 is 2.38 bits per heavy atom. The second-order valence-corrected chi connectivity index (χ2v) is 8.66. The van der Waals surface area contributed by atoms with E-state index in [9.17, 15) is 9.59 Å². The lowest BCUT2D eigenvalue weighted by Gasteiger charge is -2.31. The number of carbonyl (C=O) groups excluding carboxylic acids is 2. The normalized spacial score (nSPS) is 14.6. The van der Waals surface area contributed by atoms with Crippen LogP contribution in [0.15, 0.2) is 18.3 Å². The van der Waals surface area contributed by atoms with E-state index in [-0.39, 0.29) is 24.4 Å². The van der Waals surface area contributed by atoms with Crippen LogP contribution in [-0.2, 0) is 23.2 Å². The first-order valence-corrected chi connectivity index (χ1v) is 11.7. The maximum absolute atomic E-state index is 13.2. The lowest BCUT2D eigenvalue weighted by Crippen LogP contribution is -2.47. The average molecular weight is 404 g/mol. The van der Waals surface area contributed by atoms with Crippen molar-refractivity contribution in [1.29, 1.82) is 0 Å². The highest BCUT2D eigenvalue weighted by Crippen LogP contribution is 2.29. The van der Waals surface area contributed by atoms with E-state index in [0.717, 1.165) is 37.8 Å². The first-order chi connectivity index (χ1) is 14.0. The quantitative estimate of drug-likeness (QED) is 0.415. The maximum atomic E-state index is 13.2. The van der Waals surface area contributed by atoms with E-state index >= 15 is 0 Å². The number of carbonyl (C=O) groups is 2. The molecule has 1 aliphatic rings. The fourth-order valence-corrected chi connectivity index (χ4v) is 3.79. The zero-order chi connectivity index (χ0) is 21.2. The van der Waals surface area contributed by atoms with Crippen LogP contribution in [0.25, 0.3) is 0 Å². The van der Waals surface area contributed by atoms with Gasteiger partial charge in [-0.05, 0) is 44.7 Å². The zero-order valence-electron chi connectivity index (χ0n) is 19.0. The minimum atomic E-state index is 0.0882. The molecule has 0 aromatic carbocycles. The molecule has 0 saturated heterocycles. The summed E-state index contributed by atoms with van der Waals surface area (Å²) < 4.78 is 2.07. The largest absolute Gasteiger partial charge is 0.353 e. The summed E-state index contributed by atoms with van der Waals surface area (Å²) in [5.41, 5.74) is 1.14. The van der Waals surface area contributed by atoms with E-state index in [2.05, 4.69) is 31.4 Å². The van der Waals surface area contributed by atoms with Crippen molar-refractivity contribution in [2.75, 3.05) is 6.54 Å². The molecule has 1 saturated carbocycles. The molecule has 0 N–H and O–H groups in total. The Bertz CT molecular complexity index is 636. The van der Waals surface area contributed by atoms with Crippen LogP contribution in [-0.4, -0.2) is 44.8 Å². The molecule has 0 spiro atoms. The van der Waals surface area contributed by atoms with Crippen LogP contribution in [0.1, 0.15) is 90.7 Å². The monoisotopic (exact) mass is 403 g/mol. The smallest absolute Gasteiger partial charge is 0.242 e. The van der Waals surface area contributed by atoms with Gasteiger partial charge in [0.1, 0.15) is 6.54 Å². The topological polar surface area (TPSA) is 45.6 Å². The van der Waals surface area contributed by atoms with Gasteiger partial charge in [-0.3, -0.25) is 9.59 Å². The molecule has 0 bridgehead atoms. The summed E-state index contributed by atoms with van der Waals surface area (Å²) in [7, 11) is 2.01. The van der Waals surface area contributed by atoms with Crippen molar-refractivity contribution in [3.8, 4) is 0 Å². The standard InChI is InChI=1S/C24H41N3O2/c1-5-7-8-9-10-11-14-23(28)26(20(3)6-2)19-24(29)27(21-15-16-21)18-22-13-12-17-25(22)4/h12-13,17,20-21H,5-11,14-16,18-19H2,1-4H3. The van der Waals surface area contributed by atoms with Crippen LogP contribution in [0.3, 0.4) is 0 Å². The Kier molecular flexibility index (Phi) is 9.75. The summed E-state index contributed by atoms with van der Waals surface area (Å²) in [6.45, 7) is 7.21. The molecule has 1 atom stereocenters. The Morgan fingerprint density at radius 1 is 1.10 bits per heavy atom. The second-order valence-electron chi connectivity index (χ2n) is 8.66. The van der Waals surface area contributed by atoms with Gasteiger partial charge in [0.25, 0.3) is 0 Å². The highest BCUT2D eigenvalue weighted by atomic mass is 16.2. The molecule has 29 heavy (non-hydrogen) atoms. The van der Waals surface area contributed by atoms with Crippen LogP contribution >= 0.6 is 0 Å². The van der Waals surface area contributed by atoms with E-state index in [1.165, 1.54) is 25.7 Å².